The zero-order valence-corrected chi connectivity index (χ0v) is 19.4. The van der Waals surface area contributed by atoms with Crippen LogP contribution in [0.1, 0.15) is 37.8 Å². The Morgan fingerprint density at radius 1 is 1.12 bits per heavy atom. The Labute approximate surface area is 196 Å². The van der Waals surface area contributed by atoms with Crippen LogP contribution in [0.5, 0.6) is 17.2 Å². The summed E-state index contributed by atoms with van der Waals surface area (Å²) in [5.41, 5.74) is 2.39. The summed E-state index contributed by atoms with van der Waals surface area (Å²) >= 11 is 0. The first-order chi connectivity index (χ1) is 16.3. The molecule has 0 aliphatic carbocycles. The lowest BCUT2D eigenvalue weighted by Gasteiger charge is -2.33. The van der Waals surface area contributed by atoms with E-state index in [0.717, 1.165) is 22.6 Å². The van der Waals surface area contributed by atoms with Crippen molar-refractivity contribution in [3.8, 4) is 17.2 Å². The summed E-state index contributed by atoms with van der Waals surface area (Å²) in [6, 6.07) is 12.8. The summed E-state index contributed by atoms with van der Waals surface area (Å²) in [7, 11) is 1.61. The van der Waals surface area contributed by atoms with Crippen molar-refractivity contribution in [3.05, 3.63) is 59.8 Å². The van der Waals surface area contributed by atoms with Crippen LogP contribution in [0, 0.1) is 0 Å². The minimum absolute atomic E-state index is 0.197. The number of benzene rings is 2. The number of carbonyl (C=O) groups excluding carboxylic acids is 1. The molecule has 9 nitrogen and oxygen atoms in total. The number of hydrogen-bond donors (Lipinski definition) is 1. The van der Waals surface area contributed by atoms with Gasteiger partial charge in [-0.05, 0) is 50.6 Å². The van der Waals surface area contributed by atoms with E-state index in [1.54, 1.807) is 12.0 Å². The van der Waals surface area contributed by atoms with Crippen molar-refractivity contribution < 1.29 is 19.0 Å². The van der Waals surface area contributed by atoms with E-state index in [1.165, 1.54) is 0 Å². The van der Waals surface area contributed by atoms with Crippen molar-refractivity contribution in [2.45, 2.75) is 38.3 Å². The summed E-state index contributed by atoms with van der Waals surface area (Å²) < 4.78 is 18.5. The van der Waals surface area contributed by atoms with Gasteiger partial charge in [-0.15, -0.1) is 0 Å². The zero-order chi connectivity index (χ0) is 23.6. The third-order valence-electron chi connectivity index (χ3n) is 6.38. The minimum Gasteiger partial charge on any atom is -0.497 e. The van der Waals surface area contributed by atoms with Crippen LogP contribution in [0.15, 0.2) is 53.7 Å². The maximum Gasteiger partial charge on any atom is 0.328 e. The molecule has 1 fully saturated rings. The van der Waals surface area contributed by atoms with Gasteiger partial charge in [-0.2, -0.15) is 5.10 Å². The van der Waals surface area contributed by atoms with E-state index < -0.39 is 0 Å². The van der Waals surface area contributed by atoms with E-state index >= 15 is 0 Å². The zero-order valence-electron chi connectivity index (χ0n) is 19.4. The molecule has 174 valence electrons. The van der Waals surface area contributed by atoms with Crippen molar-refractivity contribution in [1.82, 2.24) is 15.1 Å². The number of rotatable bonds is 3. The third-order valence-corrected chi connectivity index (χ3v) is 6.38. The number of fused-ring (bicyclic) bond motifs is 3. The fraction of sp³-hybridized carbons (Fsp3) is 0.320. The van der Waals surface area contributed by atoms with Gasteiger partial charge in [-0.25, -0.2) is 14.5 Å². The van der Waals surface area contributed by atoms with Crippen molar-refractivity contribution in [1.29, 1.82) is 0 Å². The molecule has 4 heterocycles. The Morgan fingerprint density at radius 3 is 2.74 bits per heavy atom. The van der Waals surface area contributed by atoms with E-state index in [4.69, 9.17) is 24.3 Å². The van der Waals surface area contributed by atoms with Crippen molar-refractivity contribution in [2.24, 2.45) is 4.99 Å². The molecule has 0 bridgehead atoms. The standard InChI is InChI=1S/C25H25N5O4/c1-25(2,3)30-23-17(12-26-30)20(14-8-9-18-19(10-14)34-13-33-18)21-22(27-23)28-24(31)29(21)15-6-5-7-16(11-15)32-4/h5-12,20-21H,13H2,1-4H3,(H,27,28,31)/t20-,21+/m0/s1. The summed E-state index contributed by atoms with van der Waals surface area (Å²) in [6.07, 6.45) is 1.86. The second-order valence-electron chi connectivity index (χ2n) is 9.54. The van der Waals surface area contributed by atoms with Gasteiger partial charge in [0.1, 0.15) is 17.6 Å². The van der Waals surface area contributed by atoms with E-state index in [-0.39, 0.29) is 30.3 Å². The van der Waals surface area contributed by atoms with Crippen molar-refractivity contribution in [2.75, 3.05) is 18.8 Å². The van der Waals surface area contributed by atoms with E-state index in [2.05, 4.69) is 26.1 Å². The van der Waals surface area contributed by atoms with Crippen molar-refractivity contribution >= 4 is 23.4 Å². The number of aliphatic imine (C=N–C) groups is 1. The van der Waals surface area contributed by atoms with Crippen LogP contribution in [-0.2, 0) is 5.54 Å². The van der Waals surface area contributed by atoms with Crippen molar-refractivity contribution in [3.63, 3.8) is 0 Å². The Kier molecular flexibility index (Phi) is 4.39. The summed E-state index contributed by atoms with van der Waals surface area (Å²) in [5, 5.41) is 7.69. The van der Waals surface area contributed by atoms with Gasteiger partial charge in [0.15, 0.2) is 17.3 Å². The van der Waals surface area contributed by atoms with Gasteiger partial charge in [-0.3, -0.25) is 10.2 Å². The van der Waals surface area contributed by atoms with Gasteiger partial charge in [-0.1, -0.05) is 12.1 Å². The molecule has 3 aliphatic rings. The van der Waals surface area contributed by atoms with Crippen LogP contribution in [0.25, 0.3) is 0 Å². The Morgan fingerprint density at radius 2 is 1.94 bits per heavy atom. The topological polar surface area (TPSA) is 90.2 Å². The first-order valence-electron chi connectivity index (χ1n) is 11.2. The van der Waals surface area contributed by atoms with Gasteiger partial charge in [0.25, 0.3) is 0 Å². The number of urea groups is 1. The normalized spacial score (nSPS) is 20.5. The average molecular weight is 460 g/mol. The number of methoxy groups -OCH3 is 1. The SMILES string of the molecule is COc1cccc(N2C(=O)NC3=Nc4c(cnn4C(C)(C)C)[C@H](c4ccc5c(c4)OCO5)[C@H]32)c1. The maximum atomic E-state index is 13.3. The molecule has 1 saturated heterocycles. The van der Waals surface area contributed by atoms with Crippen LogP contribution in [0.2, 0.25) is 0 Å². The number of aromatic nitrogens is 2. The molecular weight excluding hydrogens is 434 g/mol. The first kappa shape index (κ1) is 20.6. The van der Waals surface area contributed by atoms with Gasteiger partial charge in [0, 0.05) is 23.2 Å². The van der Waals surface area contributed by atoms with Gasteiger partial charge in [0.2, 0.25) is 6.79 Å². The van der Waals surface area contributed by atoms with Crippen LogP contribution >= 0.6 is 0 Å². The Bertz CT molecular complexity index is 1340. The Hall–Kier alpha value is -4.01. The molecule has 3 aromatic rings. The molecule has 2 aromatic carbocycles. The molecule has 9 heteroatoms. The van der Waals surface area contributed by atoms with Gasteiger partial charge in [0.05, 0.1) is 18.8 Å². The number of nitrogens with zero attached hydrogens (tertiary/aromatic N) is 4. The highest BCUT2D eigenvalue weighted by Gasteiger charge is 2.48. The maximum absolute atomic E-state index is 13.3. The molecule has 0 radical (unpaired) electrons. The molecule has 2 atom stereocenters. The fourth-order valence-electron chi connectivity index (χ4n) is 4.86. The number of amidine groups is 1. The van der Waals surface area contributed by atoms with Gasteiger partial charge >= 0.3 is 6.03 Å². The van der Waals surface area contributed by atoms with E-state index in [1.807, 2.05) is 53.3 Å². The quantitative estimate of drug-likeness (QED) is 0.636. The third kappa shape index (κ3) is 3.03. The number of anilines is 1. The summed E-state index contributed by atoms with van der Waals surface area (Å²) in [4.78, 5) is 19.9. The molecule has 6 rings (SSSR count). The lowest BCUT2D eigenvalue weighted by Crippen LogP contribution is -2.42. The van der Waals surface area contributed by atoms with Crippen LogP contribution in [0.3, 0.4) is 0 Å². The van der Waals surface area contributed by atoms with Crippen LogP contribution in [-0.4, -0.2) is 41.6 Å². The van der Waals surface area contributed by atoms with Gasteiger partial charge < -0.3 is 14.2 Å². The Balaban J connectivity index is 1.55. The summed E-state index contributed by atoms with van der Waals surface area (Å²) in [6.45, 7) is 6.44. The predicted molar refractivity (Wildman–Crippen MR) is 127 cm³/mol. The highest BCUT2D eigenvalue weighted by atomic mass is 16.7. The molecule has 1 aromatic heterocycles. The average Bonchev–Trinajstić information content (AvgIpc) is 3.52. The number of nitrogens with one attached hydrogen (secondary N) is 1. The largest absolute Gasteiger partial charge is 0.497 e. The summed E-state index contributed by atoms with van der Waals surface area (Å²) in [5.74, 6) is 3.19. The highest BCUT2D eigenvalue weighted by Crippen LogP contribution is 2.47. The molecule has 0 spiro atoms. The van der Waals surface area contributed by atoms with Crippen LogP contribution in [0.4, 0.5) is 16.3 Å². The lowest BCUT2D eigenvalue weighted by molar-refractivity contribution is 0.174. The molecule has 3 aliphatic heterocycles. The fourth-order valence-corrected chi connectivity index (χ4v) is 4.86. The molecule has 2 amide bonds. The van der Waals surface area contributed by atoms with E-state index in [0.29, 0.717) is 23.1 Å². The highest BCUT2D eigenvalue weighted by molar-refractivity contribution is 6.18. The second-order valence-corrected chi connectivity index (χ2v) is 9.54. The molecule has 1 N–H and O–H groups in total. The smallest absolute Gasteiger partial charge is 0.328 e. The molecular formula is C25H25N5O4. The number of hydrogen-bond acceptors (Lipinski definition) is 6. The second kappa shape index (κ2) is 7.24. The molecule has 34 heavy (non-hydrogen) atoms. The number of amides is 2. The first-order valence-corrected chi connectivity index (χ1v) is 11.2. The lowest BCUT2D eigenvalue weighted by atomic mass is 9.83. The number of carbonyl (C=O) groups is 1. The number of ether oxygens (including phenoxy) is 3. The molecule has 0 unspecified atom stereocenters. The predicted octanol–water partition coefficient (Wildman–Crippen LogP) is 4.15. The van der Waals surface area contributed by atoms with E-state index in [9.17, 15) is 4.79 Å². The van der Waals surface area contributed by atoms with Crippen LogP contribution < -0.4 is 24.4 Å². The minimum atomic E-state index is -0.384. The monoisotopic (exact) mass is 459 g/mol. The molecule has 0 saturated carbocycles.